The van der Waals surface area contributed by atoms with Gasteiger partial charge >= 0.3 is 0 Å². The van der Waals surface area contributed by atoms with E-state index in [1.807, 2.05) is 12.1 Å². The predicted molar refractivity (Wildman–Crippen MR) is 67.5 cm³/mol. The molecule has 1 aromatic rings. The summed E-state index contributed by atoms with van der Waals surface area (Å²) >= 11 is 3.68. The maximum atomic E-state index is 5.39. The highest BCUT2D eigenvalue weighted by atomic mass is 79.9. The number of halogens is 1. The van der Waals surface area contributed by atoms with Crippen molar-refractivity contribution in [3.63, 3.8) is 0 Å². The lowest BCUT2D eigenvalue weighted by molar-refractivity contribution is -0.00799. The van der Waals surface area contributed by atoms with E-state index in [0.717, 1.165) is 11.3 Å². The van der Waals surface area contributed by atoms with Crippen LogP contribution < -0.4 is 14.2 Å². The summed E-state index contributed by atoms with van der Waals surface area (Å²) in [7, 11) is 4.86. The minimum absolute atomic E-state index is 0.183. The number of benzene rings is 1. The van der Waals surface area contributed by atoms with E-state index < -0.39 is 0 Å². The Bertz CT molecular complexity index is 415. The highest BCUT2D eigenvalue weighted by molar-refractivity contribution is 9.09. The monoisotopic (exact) mass is 302 g/mol. The maximum absolute atomic E-state index is 5.39. The molecule has 0 atom stereocenters. The van der Waals surface area contributed by atoms with Crippen LogP contribution in [0.25, 0.3) is 0 Å². The van der Waals surface area contributed by atoms with E-state index in [1.165, 1.54) is 0 Å². The number of ether oxygens (including phenoxy) is 4. The molecule has 0 aliphatic carbocycles. The molecule has 4 nitrogen and oxygen atoms in total. The van der Waals surface area contributed by atoms with E-state index >= 15 is 0 Å². The number of methoxy groups -OCH3 is 3. The lowest BCUT2D eigenvalue weighted by Crippen LogP contribution is -2.41. The molecule has 5 heteroatoms. The van der Waals surface area contributed by atoms with Crippen molar-refractivity contribution in [2.45, 2.75) is 4.32 Å². The summed E-state index contributed by atoms with van der Waals surface area (Å²) < 4.78 is 21.0. The molecule has 0 spiro atoms. The van der Waals surface area contributed by atoms with Gasteiger partial charge in [-0.25, -0.2) is 0 Å². The molecule has 94 valence electrons. The summed E-state index contributed by atoms with van der Waals surface area (Å²) in [5.41, 5.74) is 1.02. The van der Waals surface area contributed by atoms with E-state index in [4.69, 9.17) is 18.9 Å². The van der Waals surface area contributed by atoms with Crippen LogP contribution in [0.3, 0.4) is 0 Å². The quantitative estimate of drug-likeness (QED) is 0.800. The van der Waals surface area contributed by atoms with Crippen molar-refractivity contribution < 1.29 is 18.9 Å². The van der Waals surface area contributed by atoms with Crippen molar-refractivity contribution in [2.24, 2.45) is 0 Å². The van der Waals surface area contributed by atoms with Crippen LogP contribution in [0.15, 0.2) is 12.1 Å². The van der Waals surface area contributed by atoms with Crippen molar-refractivity contribution >= 4 is 15.9 Å². The molecule has 1 heterocycles. The van der Waals surface area contributed by atoms with Gasteiger partial charge in [0.05, 0.1) is 34.5 Å². The number of rotatable bonds is 4. The first kappa shape index (κ1) is 12.5. The van der Waals surface area contributed by atoms with Crippen LogP contribution in [-0.4, -0.2) is 34.5 Å². The molecule has 1 aromatic carbocycles. The van der Waals surface area contributed by atoms with Gasteiger partial charge in [0.15, 0.2) is 11.5 Å². The second kappa shape index (κ2) is 4.74. The normalized spacial score (nSPS) is 17.2. The fourth-order valence-electron chi connectivity index (χ4n) is 1.82. The first-order chi connectivity index (χ1) is 8.14. The smallest absolute Gasteiger partial charge is 0.164 e. The molecule has 1 saturated heterocycles. The molecular formula is C12H15BrO4. The van der Waals surface area contributed by atoms with E-state index in [-0.39, 0.29) is 4.32 Å². The second-order valence-corrected chi connectivity index (χ2v) is 5.38. The minimum atomic E-state index is -0.183. The van der Waals surface area contributed by atoms with Gasteiger partial charge in [0.1, 0.15) is 10.1 Å². The summed E-state index contributed by atoms with van der Waals surface area (Å²) in [6.45, 7) is 1.25. The van der Waals surface area contributed by atoms with Gasteiger partial charge in [-0.15, -0.1) is 0 Å². The Morgan fingerprint density at radius 3 is 1.94 bits per heavy atom. The molecule has 1 aliphatic heterocycles. The van der Waals surface area contributed by atoms with Crippen molar-refractivity contribution in [3.8, 4) is 17.2 Å². The Hall–Kier alpha value is -0.940. The van der Waals surface area contributed by atoms with Crippen LogP contribution in [0, 0.1) is 0 Å². The first-order valence-electron chi connectivity index (χ1n) is 5.22. The summed E-state index contributed by atoms with van der Waals surface area (Å²) in [4.78, 5) is 0. The number of alkyl halides is 1. The minimum Gasteiger partial charge on any atom is -0.496 e. The van der Waals surface area contributed by atoms with Gasteiger partial charge in [-0.2, -0.15) is 0 Å². The molecule has 0 saturated carbocycles. The zero-order valence-corrected chi connectivity index (χ0v) is 11.7. The molecule has 0 bridgehead atoms. The summed E-state index contributed by atoms with van der Waals surface area (Å²) in [5.74, 6) is 2.11. The lowest BCUT2D eigenvalue weighted by atomic mass is 9.95. The highest BCUT2D eigenvalue weighted by Gasteiger charge is 2.40. The molecule has 2 rings (SSSR count). The van der Waals surface area contributed by atoms with Gasteiger partial charge in [-0.3, -0.25) is 0 Å². The average molecular weight is 303 g/mol. The van der Waals surface area contributed by atoms with Crippen LogP contribution in [0.2, 0.25) is 0 Å². The second-order valence-electron chi connectivity index (χ2n) is 3.87. The van der Waals surface area contributed by atoms with Gasteiger partial charge in [-0.05, 0) is 6.07 Å². The fraction of sp³-hybridized carbons (Fsp3) is 0.500. The third kappa shape index (κ3) is 2.09. The molecule has 0 amide bonds. The van der Waals surface area contributed by atoms with E-state index in [0.29, 0.717) is 24.7 Å². The third-order valence-corrected chi connectivity index (χ3v) is 3.74. The SMILES string of the molecule is COc1cc(OC)c(C2(Br)COC2)cc1OC. The number of hydrogen-bond donors (Lipinski definition) is 0. The number of hydrogen-bond acceptors (Lipinski definition) is 4. The van der Waals surface area contributed by atoms with Gasteiger partial charge in [0.25, 0.3) is 0 Å². The van der Waals surface area contributed by atoms with Gasteiger partial charge in [0.2, 0.25) is 0 Å². The van der Waals surface area contributed by atoms with E-state index in [1.54, 1.807) is 21.3 Å². The van der Waals surface area contributed by atoms with Crippen LogP contribution in [0.5, 0.6) is 17.2 Å². The Balaban J connectivity index is 2.49. The van der Waals surface area contributed by atoms with Crippen molar-refractivity contribution in [2.75, 3.05) is 34.5 Å². The largest absolute Gasteiger partial charge is 0.496 e. The third-order valence-electron chi connectivity index (χ3n) is 2.85. The van der Waals surface area contributed by atoms with Crippen LogP contribution >= 0.6 is 15.9 Å². The van der Waals surface area contributed by atoms with E-state index in [2.05, 4.69) is 15.9 Å². The topological polar surface area (TPSA) is 36.9 Å². The lowest BCUT2D eigenvalue weighted by Gasteiger charge is -2.37. The Kier molecular flexibility index (Phi) is 3.49. The fourth-order valence-corrected chi connectivity index (χ4v) is 2.45. The van der Waals surface area contributed by atoms with Gasteiger partial charge in [-0.1, -0.05) is 15.9 Å². The first-order valence-corrected chi connectivity index (χ1v) is 6.01. The Labute approximate surface area is 109 Å². The molecule has 17 heavy (non-hydrogen) atoms. The van der Waals surface area contributed by atoms with Crippen LogP contribution in [0.4, 0.5) is 0 Å². The predicted octanol–water partition coefficient (Wildman–Crippen LogP) is 2.33. The van der Waals surface area contributed by atoms with Crippen LogP contribution in [-0.2, 0) is 9.06 Å². The van der Waals surface area contributed by atoms with Crippen molar-refractivity contribution in [1.29, 1.82) is 0 Å². The van der Waals surface area contributed by atoms with Crippen LogP contribution in [0.1, 0.15) is 5.56 Å². The summed E-state index contributed by atoms with van der Waals surface area (Å²) in [5, 5.41) is 0. The van der Waals surface area contributed by atoms with Crippen molar-refractivity contribution in [3.05, 3.63) is 17.7 Å². The average Bonchev–Trinajstić information content (AvgIpc) is 2.34. The molecule has 0 N–H and O–H groups in total. The van der Waals surface area contributed by atoms with Gasteiger partial charge in [0, 0.05) is 11.6 Å². The molecule has 1 aliphatic rings. The summed E-state index contributed by atoms with van der Waals surface area (Å²) in [6, 6.07) is 3.75. The standard InChI is InChI=1S/C12H15BrO4/c1-14-9-5-11(16-3)10(15-2)4-8(9)12(13)6-17-7-12/h4-5H,6-7H2,1-3H3. The Morgan fingerprint density at radius 1 is 1.00 bits per heavy atom. The zero-order valence-electron chi connectivity index (χ0n) is 10.1. The maximum Gasteiger partial charge on any atom is 0.164 e. The molecular weight excluding hydrogens is 288 g/mol. The summed E-state index contributed by atoms with van der Waals surface area (Å²) in [6.07, 6.45) is 0. The highest BCUT2D eigenvalue weighted by Crippen LogP contribution is 2.46. The van der Waals surface area contributed by atoms with Crippen molar-refractivity contribution in [1.82, 2.24) is 0 Å². The molecule has 1 fully saturated rings. The zero-order chi connectivity index (χ0) is 12.5. The molecule has 0 radical (unpaired) electrons. The van der Waals surface area contributed by atoms with Gasteiger partial charge < -0.3 is 18.9 Å². The Morgan fingerprint density at radius 2 is 1.53 bits per heavy atom. The van der Waals surface area contributed by atoms with E-state index in [9.17, 15) is 0 Å². The molecule has 0 aromatic heterocycles. The molecule has 0 unspecified atom stereocenters.